The molecule has 2 aromatic rings. The SMILES string of the molecule is NCCNOC(=O)C(c1ccc(O)cc1)c1ccc(O)cc1. The number of aromatic hydroxyl groups is 2. The lowest BCUT2D eigenvalue weighted by Gasteiger charge is -2.17. The Bertz CT molecular complexity index is 566. The van der Waals surface area contributed by atoms with Crippen LogP contribution in [0.1, 0.15) is 17.0 Å². The van der Waals surface area contributed by atoms with E-state index in [-0.39, 0.29) is 11.5 Å². The Hall–Kier alpha value is -2.57. The van der Waals surface area contributed by atoms with E-state index in [0.717, 1.165) is 0 Å². The zero-order valence-electron chi connectivity index (χ0n) is 11.9. The molecule has 22 heavy (non-hydrogen) atoms. The van der Waals surface area contributed by atoms with E-state index in [4.69, 9.17) is 10.6 Å². The molecule has 0 fully saturated rings. The van der Waals surface area contributed by atoms with Crippen LogP contribution in [0.4, 0.5) is 0 Å². The number of carbonyl (C=O) groups excluding carboxylic acids is 1. The molecule has 6 heteroatoms. The summed E-state index contributed by atoms with van der Waals surface area (Å²) in [4.78, 5) is 17.4. The van der Waals surface area contributed by atoms with Crippen LogP contribution < -0.4 is 11.2 Å². The number of hydrogen-bond acceptors (Lipinski definition) is 6. The maximum absolute atomic E-state index is 12.3. The highest BCUT2D eigenvalue weighted by Crippen LogP contribution is 2.28. The average molecular weight is 302 g/mol. The predicted octanol–water partition coefficient (Wildman–Crippen LogP) is 1.24. The third-order valence-electron chi connectivity index (χ3n) is 3.11. The third-order valence-corrected chi connectivity index (χ3v) is 3.11. The van der Waals surface area contributed by atoms with E-state index in [9.17, 15) is 15.0 Å². The lowest BCUT2D eigenvalue weighted by molar-refractivity contribution is -0.151. The van der Waals surface area contributed by atoms with Crippen LogP contribution in [0.15, 0.2) is 48.5 Å². The van der Waals surface area contributed by atoms with Crippen LogP contribution in [0, 0.1) is 0 Å². The van der Waals surface area contributed by atoms with Crippen molar-refractivity contribution in [1.82, 2.24) is 5.48 Å². The number of hydroxylamine groups is 1. The summed E-state index contributed by atoms with van der Waals surface area (Å²) in [5, 5.41) is 18.8. The van der Waals surface area contributed by atoms with E-state index >= 15 is 0 Å². The van der Waals surface area contributed by atoms with Gasteiger partial charge in [-0.2, -0.15) is 5.48 Å². The summed E-state index contributed by atoms with van der Waals surface area (Å²) in [6.07, 6.45) is 0. The standard InChI is InChI=1S/C16H18N2O4/c17-9-10-18-22-16(21)15(11-1-5-13(19)6-2-11)12-3-7-14(20)8-4-12/h1-8,15,18-20H,9-10,17H2. The number of benzene rings is 2. The highest BCUT2D eigenvalue weighted by Gasteiger charge is 2.24. The maximum Gasteiger partial charge on any atom is 0.336 e. The minimum atomic E-state index is -0.675. The zero-order valence-corrected chi connectivity index (χ0v) is 11.9. The number of phenols is 2. The van der Waals surface area contributed by atoms with Gasteiger partial charge in [0.25, 0.3) is 0 Å². The second-order valence-electron chi connectivity index (χ2n) is 4.72. The van der Waals surface area contributed by atoms with Crippen molar-refractivity contribution in [2.24, 2.45) is 5.73 Å². The molecule has 116 valence electrons. The fourth-order valence-electron chi connectivity index (χ4n) is 2.04. The first-order valence-corrected chi connectivity index (χ1v) is 6.83. The molecule has 0 aliphatic heterocycles. The van der Waals surface area contributed by atoms with Crippen LogP contribution >= 0.6 is 0 Å². The highest BCUT2D eigenvalue weighted by atomic mass is 16.7. The van der Waals surface area contributed by atoms with E-state index in [1.165, 1.54) is 24.3 Å². The van der Waals surface area contributed by atoms with Crippen molar-refractivity contribution in [2.45, 2.75) is 5.92 Å². The summed E-state index contributed by atoms with van der Waals surface area (Å²) in [7, 11) is 0. The van der Waals surface area contributed by atoms with Gasteiger partial charge in [0.05, 0.1) is 0 Å². The number of phenolic OH excluding ortho intramolecular Hbond substituents is 2. The number of carbonyl (C=O) groups is 1. The molecular weight excluding hydrogens is 284 g/mol. The Balaban J connectivity index is 2.29. The monoisotopic (exact) mass is 302 g/mol. The van der Waals surface area contributed by atoms with Crippen molar-refractivity contribution in [2.75, 3.05) is 13.1 Å². The Morgan fingerprint density at radius 3 is 1.86 bits per heavy atom. The van der Waals surface area contributed by atoms with Gasteiger partial charge in [-0.05, 0) is 35.4 Å². The first-order chi connectivity index (χ1) is 10.6. The lowest BCUT2D eigenvalue weighted by atomic mass is 9.91. The molecule has 2 aromatic carbocycles. The quantitative estimate of drug-likeness (QED) is 0.472. The molecule has 0 aliphatic rings. The molecule has 0 radical (unpaired) electrons. The number of nitrogens with two attached hydrogens (primary N) is 1. The molecule has 0 unspecified atom stereocenters. The molecule has 6 nitrogen and oxygen atoms in total. The molecule has 0 bridgehead atoms. The number of nitrogens with one attached hydrogen (secondary N) is 1. The van der Waals surface area contributed by atoms with Gasteiger partial charge >= 0.3 is 5.97 Å². The lowest BCUT2D eigenvalue weighted by Crippen LogP contribution is -2.29. The van der Waals surface area contributed by atoms with Gasteiger partial charge in [-0.15, -0.1) is 0 Å². The van der Waals surface area contributed by atoms with Crippen LogP contribution in [-0.4, -0.2) is 29.3 Å². The van der Waals surface area contributed by atoms with E-state index < -0.39 is 11.9 Å². The number of hydrogen-bond donors (Lipinski definition) is 4. The van der Waals surface area contributed by atoms with Crippen LogP contribution in [0.3, 0.4) is 0 Å². The van der Waals surface area contributed by atoms with E-state index in [0.29, 0.717) is 24.2 Å². The Morgan fingerprint density at radius 2 is 1.45 bits per heavy atom. The first-order valence-electron chi connectivity index (χ1n) is 6.83. The first kappa shape index (κ1) is 15.8. The van der Waals surface area contributed by atoms with Crippen molar-refractivity contribution < 1.29 is 19.8 Å². The summed E-state index contributed by atoms with van der Waals surface area (Å²) in [6, 6.07) is 12.6. The van der Waals surface area contributed by atoms with Gasteiger partial charge in [-0.3, -0.25) is 0 Å². The van der Waals surface area contributed by atoms with Crippen LogP contribution in [-0.2, 0) is 9.63 Å². The summed E-state index contributed by atoms with van der Waals surface area (Å²) in [5.41, 5.74) is 9.18. The zero-order chi connectivity index (χ0) is 15.9. The largest absolute Gasteiger partial charge is 0.508 e. The van der Waals surface area contributed by atoms with E-state index in [1.54, 1.807) is 24.3 Å². The molecule has 0 saturated heterocycles. The normalized spacial score (nSPS) is 10.6. The van der Waals surface area contributed by atoms with Gasteiger partial charge in [0.15, 0.2) is 0 Å². The van der Waals surface area contributed by atoms with E-state index in [1.807, 2.05) is 0 Å². The molecule has 0 aliphatic carbocycles. The maximum atomic E-state index is 12.3. The second-order valence-corrected chi connectivity index (χ2v) is 4.72. The van der Waals surface area contributed by atoms with Crippen LogP contribution in [0.2, 0.25) is 0 Å². The molecule has 0 aromatic heterocycles. The fraction of sp³-hybridized carbons (Fsp3) is 0.188. The van der Waals surface area contributed by atoms with Crippen molar-refractivity contribution in [3.63, 3.8) is 0 Å². The molecule has 0 heterocycles. The van der Waals surface area contributed by atoms with Gasteiger partial charge < -0.3 is 20.8 Å². The van der Waals surface area contributed by atoms with Crippen molar-refractivity contribution in [1.29, 1.82) is 0 Å². The van der Waals surface area contributed by atoms with Gasteiger partial charge in [0, 0.05) is 13.1 Å². The van der Waals surface area contributed by atoms with Gasteiger partial charge in [0.1, 0.15) is 17.4 Å². The molecule has 0 atom stereocenters. The van der Waals surface area contributed by atoms with Crippen molar-refractivity contribution in [3.05, 3.63) is 59.7 Å². The molecule has 2 rings (SSSR count). The number of rotatable bonds is 6. The van der Waals surface area contributed by atoms with Gasteiger partial charge in [-0.25, -0.2) is 4.79 Å². The minimum absolute atomic E-state index is 0.114. The summed E-state index contributed by atoms with van der Waals surface area (Å²) in [6.45, 7) is 0.694. The molecular formula is C16H18N2O4. The molecule has 0 amide bonds. The van der Waals surface area contributed by atoms with Gasteiger partial charge in [0.2, 0.25) is 0 Å². The molecule has 0 spiro atoms. The minimum Gasteiger partial charge on any atom is -0.508 e. The summed E-state index contributed by atoms with van der Waals surface area (Å²) >= 11 is 0. The fourth-order valence-corrected chi connectivity index (χ4v) is 2.04. The summed E-state index contributed by atoms with van der Waals surface area (Å²) < 4.78 is 0. The van der Waals surface area contributed by atoms with E-state index in [2.05, 4.69) is 5.48 Å². The Labute approximate surface area is 128 Å². The molecule has 0 saturated carbocycles. The smallest absolute Gasteiger partial charge is 0.336 e. The summed E-state index contributed by atoms with van der Waals surface area (Å²) in [5.74, 6) is -0.943. The Morgan fingerprint density at radius 1 is 1.00 bits per heavy atom. The predicted molar refractivity (Wildman–Crippen MR) is 81.2 cm³/mol. The van der Waals surface area contributed by atoms with Gasteiger partial charge in [-0.1, -0.05) is 24.3 Å². The second kappa shape index (κ2) is 7.44. The van der Waals surface area contributed by atoms with Crippen molar-refractivity contribution in [3.8, 4) is 11.5 Å². The van der Waals surface area contributed by atoms with Crippen molar-refractivity contribution >= 4 is 5.97 Å². The third kappa shape index (κ3) is 3.97. The molecule has 5 N–H and O–H groups in total. The van der Waals surface area contributed by atoms with Crippen LogP contribution in [0.25, 0.3) is 0 Å². The average Bonchev–Trinajstić information content (AvgIpc) is 2.52. The highest BCUT2D eigenvalue weighted by molar-refractivity contribution is 5.82. The van der Waals surface area contributed by atoms with Crippen LogP contribution in [0.5, 0.6) is 11.5 Å². The topological polar surface area (TPSA) is 105 Å². The Kier molecular flexibility index (Phi) is 5.35.